The van der Waals surface area contributed by atoms with Crippen LogP contribution in [0.25, 0.3) is 0 Å². The number of halogens is 1. The van der Waals surface area contributed by atoms with Crippen molar-refractivity contribution in [1.82, 2.24) is 5.32 Å². The van der Waals surface area contributed by atoms with Crippen LogP contribution in [0.4, 0.5) is 0 Å². The Morgan fingerprint density at radius 3 is 2.88 bits per heavy atom. The number of amides is 1. The van der Waals surface area contributed by atoms with Crippen LogP contribution in [0.2, 0.25) is 5.02 Å². The van der Waals surface area contributed by atoms with Gasteiger partial charge in [-0.2, -0.15) is 0 Å². The Morgan fingerprint density at radius 2 is 2.24 bits per heavy atom. The molecule has 0 saturated heterocycles. The molecular formula is C13H16ClNO2. The molecule has 3 nitrogen and oxygen atoms in total. The van der Waals surface area contributed by atoms with Crippen molar-refractivity contribution in [3.05, 3.63) is 28.8 Å². The molecule has 2 rings (SSSR count). The highest BCUT2D eigenvalue weighted by Gasteiger charge is 2.26. The number of carbonyl (C=O) groups is 1. The molecule has 1 aromatic carbocycles. The Hall–Kier alpha value is -1.22. The van der Waals surface area contributed by atoms with Crippen LogP contribution in [-0.4, -0.2) is 18.1 Å². The molecule has 1 saturated carbocycles. The smallest absolute Gasteiger partial charge is 0.260 e. The van der Waals surface area contributed by atoms with Crippen molar-refractivity contribution in [3.8, 4) is 5.75 Å². The minimum Gasteiger partial charge on any atom is -0.481 e. The van der Waals surface area contributed by atoms with Gasteiger partial charge in [0, 0.05) is 11.1 Å². The number of hydrogen-bond donors (Lipinski definition) is 1. The van der Waals surface area contributed by atoms with Gasteiger partial charge in [0.2, 0.25) is 0 Å². The second-order valence-electron chi connectivity index (χ2n) is 4.45. The van der Waals surface area contributed by atoms with E-state index in [2.05, 4.69) is 5.32 Å². The number of carbonyl (C=O) groups excluding carboxylic acids is 1. The zero-order chi connectivity index (χ0) is 12.4. The third kappa shape index (κ3) is 3.37. The van der Waals surface area contributed by atoms with E-state index in [1.54, 1.807) is 19.1 Å². The van der Waals surface area contributed by atoms with E-state index in [1.807, 2.05) is 13.0 Å². The number of aryl methyl sites for hydroxylation is 1. The van der Waals surface area contributed by atoms with Crippen molar-refractivity contribution in [2.45, 2.75) is 38.8 Å². The minimum atomic E-state index is -0.493. The second-order valence-corrected chi connectivity index (χ2v) is 4.89. The summed E-state index contributed by atoms with van der Waals surface area (Å²) in [4.78, 5) is 11.7. The minimum absolute atomic E-state index is 0.0631. The third-order valence-corrected chi connectivity index (χ3v) is 2.98. The summed E-state index contributed by atoms with van der Waals surface area (Å²) in [5, 5.41) is 3.52. The predicted molar refractivity (Wildman–Crippen MR) is 67.4 cm³/mol. The standard InChI is InChI=1S/C13H16ClNO2/c1-8-3-4-10(14)7-12(8)17-9(2)13(16)15-11-5-6-11/h3-4,7,9,11H,5-6H2,1-2H3,(H,15,16). The molecule has 0 aromatic heterocycles. The highest BCUT2D eigenvalue weighted by Crippen LogP contribution is 2.24. The van der Waals surface area contributed by atoms with Crippen molar-refractivity contribution in [2.24, 2.45) is 0 Å². The van der Waals surface area contributed by atoms with E-state index in [0.717, 1.165) is 18.4 Å². The molecule has 0 aliphatic heterocycles. The quantitative estimate of drug-likeness (QED) is 0.896. The van der Waals surface area contributed by atoms with E-state index in [0.29, 0.717) is 16.8 Å². The van der Waals surface area contributed by atoms with E-state index >= 15 is 0 Å². The normalized spacial score (nSPS) is 16.4. The summed E-state index contributed by atoms with van der Waals surface area (Å²) in [7, 11) is 0. The Kier molecular flexibility index (Phi) is 3.57. The summed E-state index contributed by atoms with van der Waals surface area (Å²) in [6.45, 7) is 3.68. The molecule has 0 heterocycles. The molecule has 1 amide bonds. The number of hydrogen-bond acceptors (Lipinski definition) is 2. The first-order valence-electron chi connectivity index (χ1n) is 5.79. The zero-order valence-corrected chi connectivity index (χ0v) is 10.8. The fourth-order valence-electron chi connectivity index (χ4n) is 1.49. The van der Waals surface area contributed by atoms with Crippen LogP contribution >= 0.6 is 11.6 Å². The van der Waals surface area contributed by atoms with Crippen molar-refractivity contribution < 1.29 is 9.53 Å². The molecule has 1 aromatic rings. The fraction of sp³-hybridized carbons (Fsp3) is 0.462. The first kappa shape index (κ1) is 12.2. The maximum absolute atomic E-state index is 11.7. The van der Waals surface area contributed by atoms with E-state index in [-0.39, 0.29) is 5.91 Å². The fourth-order valence-corrected chi connectivity index (χ4v) is 1.65. The van der Waals surface area contributed by atoms with Crippen molar-refractivity contribution >= 4 is 17.5 Å². The lowest BCUT2D eigenvalue weighted by molar-refractivity contribution is -0.127. The topological polar surface area (TPSA) is 38.3 Å². The Labute approximate surface area is 106 Å². The number of ether oxygens (including phenoxy) is 1. The van der Waals surface area contributed by atoms with Gasteiger partial charge >= 0.3 is 0 Å². The Bertz CT molecular complexity index is 429. The molecule has 17 heavy (non-hydrogen) atoms. The van der Waals surface area contributed by atoms with Gasteiger partial charge in [-0.05, 0) is 44.4 Å². The first-order valence-corrected chi connectivity index (χ1v) is 6.17. The highest BCUT2D eigenvalue weighted by atomic mass is 35.5. The maximum atomic E-state index is 11.7. The zero-order valence-electron chi connectivity index (χ0n) is 10.00. The SMILES string of the molecule is Cc1ccc(Cl)cc1OC(C)C(=O)NC1CC1. The molecule has 1 aliphatic carbocycles. The first-order chi connectivity index (χ1) is 8.06. The molecule has 0 radical (unpaired) electrons. The summed E-state index contributed by atoms with van der Waals surface area (Å²) in [5.74, 6) is 0.600. The number of nitrogens with one attached hydrogen (secondary N) is 1. The molecule has 1 aliphatic rings. The summed E-state index contributed by atoms with van der Waals surface area (Å²) in [6.07, 6.45) is 1.66. The number of rotatable bonds is 4. The van der Waals surface area contributed by atoms with Crippen molar-refractivity contribution in [1.29, 1.82) is 0 Å². The van der Waals surface area contributed by atoms with E-state index < -0.39 is 6.10 Å². The monoisotopic (exact) mass is 253 g/mol. The summed E-state index contributed by atoms with van der Waals surface area (Å²) < 4.78 is 5.62. The lowest BCUT2D eigenvalue weighted by Gasteiger charge is -2.16. The second kappa shape index (κ2) is 4.96. The largest absolute Gasteiger partial charge is 0.481 e. The van der Waals surface area contributed by atoms with E-state index in [4.69, 9.17) is 16.3 Å². The molecular weight excluding hydrogens is 238 g/mol. The van der Waals surface area contributed by atoms with Gasteiger partial charge in [0.15, 0.2) is 6.10 Å². The van der Waals surface area contributed by atoms with Gasteiger partial charge < -0.3 is 10.1 Å². The molecule has 1 fully saturated rings. The van der Waals surface area contributed by atoms with E-state index in [1.165, 1.54) is 0 Å². The Balaban J connectivity index is 1.98. The average Bonchev–Trinajstić information content (AvgIpc) is 3.07. The Morgan fingerprint density at radius 1 is 1.53 bits per heavy atom. The molecule has 1 unspecified atom stereocenters. The van der Waals surface area contributed by atoms with Crippen LogP contribution in [-0.2, 0) is 4.79 Å². The molecule has 1 atom stereocenters. The summed E-state index contributed by atoms with van der Waals surface area (Å²) in [5.41, 5.74) is 0.973. The van der Waals surface area contributed by atoms with Gasteiger partial charge in [-0.1, -0.05) is 17.7 Å². The average molecular weight is 254 g/mol. The van der Waals surface area contributed by atoms with Gasteiger partial charge in [0.25, 0.3) is 5.91 Å². The molecule has 1 N–H and O–H groups in total. The lowest BCUT2D eigenvalue weighted by atomic mass is 10.2. The lowest BCUT2D eigenvalue weighted by Crippen LogP contribution is -2.37. The van der Waals surface area contributed by atoms with Crippen molar-refractivity contribution in [3.63, 3.8) is 0 Å². The summed E-state index contributed by atoms with van der Waals surface area (Å²) >= 11 is 5.89. The van der Waals surface area contributed by atoms with Gasteiger partial charge in [-0.3, -0.25) is 4.79 Å². The molecule has 92 valence electrons. The van der Waals surface area contributed by atoms with Gasteiger partial charge in [-0.25, -0.2) is 0 Å². The van der Waals surface area contributed by atoms with Gasteiger partial charge in [0.1, 0.15) is 5.75 Å². The highest BCUT2D eigenvalue weighted by molar-refractivity contribution is 6.30. The molecule has 0 spiro atoms. The predicted octanol–water partition coefficient (Wildman–Crippen LogP) is 2.69. The maximum Gasteiger partial charge on any atom is 0.260 e. The van der Waals surface area contributed by atoms with Gasteiger partial charge in [-0.15, -0.1) is 0 Å². The third-order valence-electron chi connectivity index (χ3n) is 2.75. The van der Waals surface area contributed by atoms with Crippen molar-refractivity contribution in [2.75, 3.05) is 0 Å². The van der Waals surface area contributed by atoms with Crippen LogP contribution in [0.5, 0.6) is 5.75 Å². The van der Waals surface area contributed by atoms with Crippen LogP contribution in [0.15, 0.2) is 18.2 Å². The molecule has 4 heteroatoms. The van der Waals surface area contributed by atoms with Crippen LogP contribution < -0.4 is 10.1 Å². The molecule has 0 bridgehead atoms. The van der Waals surface area contributed by atoms with Crippen LogP contribution in [0, 0.1) is 6.92 Å². The van der Waals surface area contributed by atoms with Crippen LogP contribution in [0.3, 0.4) is 0 Å². The van der Waals surface area contributed by atoms with Crippen LogP contribution in [0.1, 0.15) is 25.3 Å². The van der Waals surface area contributed by atoms with Gasteiger partial charge in [0.05, 0.1) is 0 Å². The van der Waals surface area contributed by atoms with E-state index in [9.17, 15) is 4.79 Å². The number of benzene rings is 1. The summed E-state index contributed by atoms with van der Waals surface area (Å²) in [6, 6.07) is 5.77.